The standard InChI is InChI=1S/C29H37NO11.C2HF3O.CH4/c1-5-38-23(35)14-20(39-22(34)9-8-21(32)33)27(36)40-19-10-11-29(37)17(3)30(4)13-12-28(29)24-16(2)6-7-18(15-31)25(24)41-26(19)28;3-2(4,5)1-6;/h6-7,10,17,20,26,31,37H,5,8-9,11-15H2,1-4H3,(H,32,33);1H;1H4/t17-,20+,26+,28+,29-;;/m1../s1. The highest BCUT2D eigenvalue weighted by Crippen LogP contribution is 2.61. The monoisotopic (exact) mass is 689 g/mol. The molecule has 1 aliphatic carbocycles. The Kier molecular flexibility index (Phi) is 13.3. The van der Waals surface area contributed by atoms with Crippen molar-refractivity contribution in [2.75, 3.05) is 20.2 Å². The normalized spacial score (nSPS) is 24.7. The van der Waals surface area contributed by atoms with Gasteiger partial charge in [-0.1, -0.05) is 19.6 Å². The first kappa shape index (κ1) is 40.2. The van der Waals surface area contributed by atoms with Gasteiger partial charge in [-0.05, 0) is 52.4 Å². The van der Waals surface area contributed by atoms with Gasteiger partial charge in [0.05, 0.1) is 43.5 Å². The van der Waals surface area contributed by atoms with E-state index >= 15 is 0 Å². The van der Waals surface area contributed by atoms with Gasteiger partial charge in [-0.15, -0.1) is 0 Å². The lowest BCUT2D eigenvalue weighted by Crippen LogP contribution is -2.71. The van der Waals surface area contributed by atoms with E-state index in [4.69, 9.17) is 28.8 Å². The number of alkyl halides is 3. The van der Waals surface area contributed by atoms with Crippen molar-refractivity contribution in [2.45, 2.75) is 102 Å². The molecule has 0 amide bonds. The maximum atomic E-state index is 13.4. The fourth-order valence-corrected chi connectivity index (χ4v) is 6.35. The van der Waals surface area contributed by atoms with Crippen LogP contribution in [0.2, 0.25) is 0 Å². The summed E-state index contributed by atoms with van der Waals surface area (Å²) in [5, 5.41) is 31.3. The van der Waals surface area contributed by atoms with Crippen molar-refractivity contribution >= 4 is 30.2 Å². The molecule has 48 heavy (non-hydrogen) atoms. The van der Waals surface area contributed by atoms with E-state index in [0.717, 1.165) is 11.1 Å². The van der Waals surface area contributed by atoms with Gasteiger partial charge in [0, 0.05) is 23.6 Å². The number of aliphatic hydroxyl groups excluding tert-OH is 1. The highest BCUT2D eigenvalue weighted by molar-refractivity contribution is 5.86. The van der Waals surface area contributed by atoms with Gasteiger partial charge in [0.25, 0.3) is 0 Å². The number of rotatable bonds is 10. The number of aryl methyl sites for hydroxylation is 1. The number of piperidine rings is 1. The number of esters is 3. The van der Waals surface area contributed by atoms with Crippen molar-refractivity contribution in [2.24, 2.45) is 0 Å². The highest BCUT2D eigenvalue weighted by Gasteiger charge is 2.69. The summed E-state index contributed by atoms with van der Waals surface area (Å²) in [6.45, 7) is 5.76. The van der Waals surface area contributed by atoms with E-state index in [0.29, 0.717) is 24.3 Å². The van der Waals surface area contributed by atoms with Gasteiger partial charge in [0.1, 0.15) is 11.5 Å². The number of hydrogen-bond donors (Lipinski definition) is 3. The maximum Gasteiger partial charge on any atom is 0.446 e. The fraction of sp³-hybridized carbons (Fsp3) is 0.594. The maximum absolute atomic E-state index is 13.4. The molecule has 4 rings (SSSR count). The molecular weight excluding hydrogens is 647 g/mol. The third kappa shape index (κ3) is 8.15. The van der Waals surface area contributed by atoms with E-state index in [1.807, 2.05) is 27.0 Å². The largest absolute Gasteiger partial charge is 0.481 e. The average molecular weight is 690 g/mol. The fourth-order valence-electron chi connectivity index (χ4n) is 6.35. The van der Waals surface area contributed by atoms with E-state index in [-0.39, 0.29) is 38.9 Å². The lowest BCUT2D eigenvalue weighted by Gasteiger charge is -2.58. The molecule has 3 N–H and O–H groups in total. The number of halogens is 3. The van der Waals surface area contributed by atoms with Crippen LogP contribution < -0.4 is 4.74 Å². The smallest absolute Gasteiger partial charge is 0.446 e. The van der Waals surface area contributed by atoms with Crippen molar-refractivity contribution in [3.63, 3.8) is 0 Å². The van der Waals surface area contributed by atoms with Gasteiger partial charge in [0.15, 0.2) is 6.10 Å². The number of hydrogen-bond acceptors (Lipinski definition) is 12. The van der Waals surface area contributed by atoms with Crippen molar-refractivity contribution in [3.8, 4) is 5.75 Å². The number of ether oxygens (including phenoxy) is 4. The van der Waals surface area contributed by atoms with Crippen LogP contribution in [0.4, 0.5) is 13.2 Å². The van der Waals surface area contributed by atoms with Crippen LogP contribution in [-0.4, -0.2) is 101 Å². The lowest BCUT2D eigenvalue weighted by atomic mass is 9.54. The molecule has 2 aliphatic heterocycles. The number of carbonyl (C=O) groups is 5. The predicted octanol–water partition coefficient (Wildman–Crippen LogP) is 2.89. The van der Waals surface area contributed by atoms with Crippen molar-refractivity contribution in [1.29, 1.82) is 0 Å². The molecule has 0 bridgehead atoms. The SMILES string of the molecule is C.CCOC(=O)C[C@H](OC(=O)CCC(=O)O)C(=O)OC1=CC[C@@]2(O)[C@@H](C)N(C)CC[C@@]23c2c(C)ccc(CO)c2O[C@@H]13.O=CC(F)(F)F. The molecule has 1 saturated heterocycles. The molecule has 3 aliphatic rings. The number of aldehydes is 1. The highest BCUT2D eigenvalue weighted by atomic mass is 19.4. The van der Waals surface area contributed by atoms with Crippen LogP contribution >= 0.6 is 0 Å². The molecule has 13 nitrogen and oxygen atoms in total. The van der Waals surface area contributed by atoms with E-state index in [1.54, 1.807) is 19.1 Å². The Labute approximate surface area is 275 Å². The zero-order valence-corrected chi connectivity index (χ0v) is 26.3. The van der Waals surface area contributed by atoms with Crippen LogP contribution in [0, 0.1) is 6.92 Å². The molecule has 1 aromatic rings. The van der Waals surface area contributed by atoms with Gasteiger partial charge in [0.2, 0.25) is 12.4 Å². The van der Waals surface area contributed by atoms with Crippen molar-refractivity contribution in [1.82, 2.24) is 4.90 Å². The Bertz CT molecular complexity index is 1410. The molecule has 5 atom stereocenters. The molecule has 0 saturated carbocycles. The molecule has 0 unspecified atom stereocenters. The number of carboxylic acid groups (broad SMARTS) is 1. The predicted molar refractivity (Wildman–Crippen MR) is 160 cm³/mol. The zero-order chi connectivity index (χ0) is 35.3. The molecule has 268 valence electrons. The minimum absolute atomic E-state index is 0. The Morgan fingerprint density at radius 2 is 1.83 bits per heavy atom. The quantitative estimate of drug-likeness (QED) is 0.185. The number of likely N-dealkylation sites (N-methyl/N-ethyl adjacent to an activating group) is 1. The summed E-state index contributed by atoms with van der Waals surface area (Å²) in [5.74, 6) is -3.56. The third-order valence-corrected chi connectivity index (χ3v) is 8.69. The van der Waals surface area contributed by atoms with E-state index < -0.39 is 78.8 Å². The number of carboxylic acids is 1. The summed E-state index contributed by atoms with van der Waals surface area (Å²) >= 11 is 0. The second-order valence-electron chi connectivity index (χ2n) is 11.5. The molecule has 1 spiro atoms. The number of aliphatic hydroxyl groups is 2. The molecule has 2 heterocycles. The summed E-state index contributed by atoms with van der Waals surface area (Å²) in [7, 11) is 1.93. The van der Waals surface area contributed by atoms with Crippen LogP contribution in [0.1, 0.15) is 70.1 Å². The topological polar surface area (TPSA) is 186 Å². The molecular formula is C32H42F3NO12. The summed E-state index contributed by atoms with van der Waals surface area (Å²) in [5.41, 5.74) is -0.209. The molecule has 1 fully saturated rings. The zero-order valence-electron chi connectivity index (χ0n) is 26.3. The first-order chi connectivity index (χ1) is 21.9. The number of fused-ring (bicyclic) bond motifs is 1. The minimum atomic E-state index is -4.64. The van der Waals surface area contributed by atoms with Crippen molar-refractivity contribution in [3.05, 3.63) is 40.7 Å². The molecule has 16 heteroatoms. The van der Waals surface area contributed by atoms with E-state index in [1.165, 1.54) is 0 Å². The van der Waals surface area contributed by atoms with Crippen LogP contribution in [0.15, 0.2) is 24.0 Å². The number of aliphatic carboxylic acids is 1. The van der Waals surface area contributed by atoms with Crippen LogP contribution in [0.25, 0.3) is 0 Å². The molecule has 0 radical (unpaired) electrons. The van der Waals surface area contributed by atoms with Gasteiger partial charge in [-0.25, -0.2) is 4.79 Å². The van der Waals surface area contributed by atoms with Gasteiger partial charge in [-0.3, -0.25) is 19.2 Å². The Balaban J connectivity index is 0.00000105. The lowest BCUT2D eigenvalue weighted by molar-refractivity contribution is -0.175. The van der Waals surface area contributed by atoms with Crippen LogP contribution in [-0.2, 0) is 50.2 Å². The number of likely N-dealkylation sites (tertiary alicyclic amines) is 1. The van der Waals surface area contributed by atoms with Crippen LogP contribution in [0.5, 0.6) is 5.75 Å². The second-order valence-corrected chi connectivity index (χ2v) is 11.5. The summed E-state index contributed by atoms with van der Waals surface area (Å²) in [6.07, 6.45) is -7.84. The van der Waals surface area contributed by atoms with Gasteiger partial charge >= 0.3 is 30.1 Å². The van der Waals surface area contributed by atoms with Gasteiger partial charge < -0.3 is 39.2 Å². The third-order valence-electron chi connectivity index (χ3n) is 8.69. The first-order valence-corrected chi connectivity index (χ1v) is 14.8. The van der Waals surface area contributed by atoms with Crippen LogP contribution in [0.3, 0.4) is 0 Å². The number of carbonyl (C=O) groups excluding carboxylic acids is 4. The molecule has 1 aromatic carbocycles. The Morgan fingerprint density at radius 3 is 2.40 bits per heavy atom. The minimum Gasteiger partial charge on any atom is -0.481 e. The van der Waals surface area contributed by atoms with Gasteiger partial charge in [-0.2, -0.15) is 13.2 Å². The summed E-state index contributed by atoms with van der Waals surface area (Å²) in [6, 6.07) is 3.32. The second kappa shape index (κ2) is 15.9. The van der Waals surface area contributed by atoms with E-state index in [9.17, 15) is 42.6 Å². The number of nitrogens with zero attached hydrogens (tertiary/aromatic N) is 1. The first-order valence-electron chi connectivity index (χ1n) is 14.8. The molecule has 0 aromatic heterocycles. The average Bonchev–Trinajstić information content (AvgIpc) is 3.37. The summed E-state index contributed by atoms with van der Waals surface area (Å²) < 4.78 is 53.5. The van der Waals surface area contributed by atoms with E-state index in [2.05, 4.69) is 4.90 Å². The summed E-state index contributed by atoms with van der Waals surface area (Å²) in [4.78, 5) is 59.5. The van der Waals surface area contributed by atoms with Crippen molar-refractivity contribution < 1.29 is 71.4 Å². The Morgan fingerprint density at radius 1 is 1.19 bits per heavy atom. The Hall–Kier alpha value is -4.02. The number of benzene rings is 1.